The summed E-state index contributed by atoms with van der Waals surface area (Å²) in [4.78, 5) is 13.2. The van der Waals surface area contributed by atoms with Crippen molar-refractivity contribution in [3.05, 3.63) is 47.7 Å². The SMILES string of the molecule is Cc1cccc(NC(=O)Cn2nnc(-c3ccc(C)o3)n2)c1. The molecule has 112 valence electrons. The first-order valence-electron chi connectivity index (χ1n) is 6.81. The zero-order valence-corrected chi connectivity index (χ0v) is 12.3. The minimum absolute atomic E-state index is 0.0133. The maximum atomic E-state index is 12.0. The highest BCUT2D eigenvalue weighted by atomic mass is 16.3. The van der Waals surface area contributed by atoms with E-state index in [1.54, 1.807) is 6.07 Å². The van der Waals surface area contributed by atoms with Crippen LogP contribution in [0.4, 0.5) is 5.69 Å². The van der Waals surface area contributed by atoms with Gasteiger partial charge in [-0.3, -0.25) is 4.79 Å². The molecule has 7 heteroatoms. The number of carbonyl (C=O) groups excluding carboxylic acids is 1. The molecular formula is C15H15N5O2. The smallest absolute Gasteiger partial charge is 0.248 e. The molecule has 3 rings (SSSR count). The number of rotatable bonds is 4. The summed E-state index contributed by atoms with van der Waals surface area (Å²) in [6.45, 7) is 3.79. The molecule has 0 radical (unpaired) electrons. The molecule has 0 aliphatic carbocycles. The van der Waals surface area contributed by atoms with Gasteiger partial charge in [0.25, 0.3) is 0 Å². The van der Waals surface area contributed by atoms with Crippen LogP contribution in [0.3, 0.4) is 0 Å². The standard InChI is InChI=1S/C15H15N5O2/c1-10-4-3-5-12(8-10)16-14(21)9-20-18-15(17-19-20)13-7-6-11(2)22-13/h3-8H,9H2,1-2H3,(H,16,21). The number of furan rings is 1. The lowest BCUT2D eigenvalue weighted by Crippen LogP contribution is -2.20. The summed E-state index contributed by atoms with van der Waals surface area (Å²) in [5.74, 6) is 1.44. The Hall–Kier alpha value is -2.96. The normalized spacial score (nSPS) is 10.6. The second-order valence-corrected chi connectivity index (χ2v) is 4.97. The molecule has 0 aliphatic heterocycles. The first-order valence-corrected chi connectivity index (χ1v) is 6.81. The van der Waals surface area contributed by atoms with Crippen molar-refractivity contribution in [2.45, 2.75) is 20.4 Å². The predicted molar refractivity (Wildman–Crippen MR) is 80.1 cm³/mol. The van der Waals surface area contributed by atoms with Crippen molar-refractivity contribution in [2.24, 2.45) is 0 Å². The summed E-state index contributed by atoms with van der Waals surface area (Å²) in [6, 6.07) is 11.2. The van der Waals surface area contributed by atoms with Crippen molar-refractivity contribution < 1.29 is 9.21 Å². The topological polar surface area (TPSA) is 85.8 Å². The van der Waals surface area contributed by atoms with Crippen LogP contribution in [0, 0.1) is 13.8 Å². The van der Waals surface area contributed by atoms with Crippen LogP contribution in [0.2, 0.25) is 0 Å². The van der Waals surface area contributed by atoms with E-state index in [0.717, 1.165) is 17.0 Å². The van der Waals surface area contributed by atoms with Gasteiger partial charge in [-0.1, -0.05) is 12.1 Å². The van der Waals surface area contributed by atoms with Crippen molar-refractivity contribution in [3.63, 3.8) is 0 Å². The van der Waals surface area contributed by atoms with Gasteiger partial charge in [0.15, 0.2) is 5.76 Å². The maximum Gasteiger partial charge on any atom is 0.248 e. The third-order valence-corrected chi connectivity index (χ3v) is 3.00. The van der Waals surface area contributed by atoms with Crippen LogP contribution in [-0.2, 0) is 11.3 Å². The number of tetrazole rings is 1. The zero-order chi connectivity index (χ0) is 15.5. The van der Waals surface area contributed by atoms with E-state index in [2.05, 4.69) is 20.7 Å². The van der Waals surface area contributed by atoms with Crippen molar-refractivity contribution in [2.75, 3.05) is 5.32 Å². The molecule has 0 unspecified atom stereocenters. The number of hydrogen-bond donors (Lipinski definition) is 1. The van der Waals surface area contributed by atoms with Crippen LogP contribution in [0.25, 0.3) is 11.6 Å². The van der Waals surface area contributed by atoms with Crippen LogP contribution < -0.4 is 5.32 Å². The van der Waals surface area contributed by atoms with Crippen LogP contribution >= 0.6 is 0 Å². The van der Waals surface area contributed by atoms with E-state index >= 15 is 0 Å². The molecular weight excluding hydrogens is 282 g/mol. The minimum atomic E-state index is -0.217. The van der Waals surface area contributed by atoms with E-state index in [1.165, 1.54) is 4.80 Å². The minimum Gasteiger partial charge on any atom is -0.458 e. The molecule has 0 atom stereocenters. The summed E-state index contributed by atoms with van der Waals surface area (Å²) in [6.07, 6.45) is 0. The summed E-state index contributed by atoms with van der Waals surface area (Å²) in [7, 11) is 0. The fraction of sp³-hybridized carbons (Fsp3) is 0.200. The number of nitrogens with zero attached hydrogens (tertiary/aromatic N) is 4. The quantitative estimate of drug-likeness (QED) is 0.797. The van der Waals surface area contributed by atoms with E-state index in [1.807, 2.05) is 44.2 Å². The van der Waals surface area contributed by atoms with Crippen molar-refractivity contribution in [1.29, 1.82) is 0 Å². The Morgan fingerprint density at radius 1 is 1.27 bits per heavy atom. The van der Waals surface area contributed by atoms with Gasteiger partial charge < -0.3 is 9.73 Å². The molecule has 2 aromatic heterocycles. The number of hydrogen-bond acceptors (Lipinski definition) is 5. The first kappa shape index (κ1) is 14.0. The van der Waals surface area contributed by atoms with Gasteiger partial charge in [-0.2, -0.15) is 4.80 Å². The molecule has 1 N–H and O–H groups in total. The molecule has 22 heavy (non-hydrogen) atoms. The highest BCUT2D eigenvalue weighted by molar-refractivity contribution is 5.90. The van der Waals surface area contributed by atoms with Crippen molar-refractivity contribution in [1.82, 2.24) is 20.2 Å². The lowest BCUT2D eigenvalue weighted by atomic mass is 10.2. The first-order chi connectivity index (χ1) is 10.6. The van der Waals surface area contributed by atoms with Gasteiger partial charge in [0.2, 0.25) is 11.7 Å². The average molecular weight is 297 g/mol. The van der Waals surface area contributed by atoms with Crippen LogP contribution in [0.15, 0.2) is 40.8 Å². The highest BCUT2D eigenvalue weighted by Gasteiger charge is 2.12. The lowest BCUT2D eigenvalue weighted by Gasteiger charge is -2.04. The van der Waals surface area contributed by atoms with Crippen molar-refractivity contribution >= 4 is 11.6 Å². The second-order valence-electron chi connectivity index (χ2n) is 4.97. The third kappa shape index (κ3) is 3.20. The van der Waals surface area contributed by atoms with E-state index in [-0.39, 0.29) is 12.5 Å². The maximum absolute atomic E-state index is 12.0. The third-order valence-electron chi connectivity index (χ3n) is 3.00. The Labute approximate surface area is 126 Å². The molecule has 3 aromatic rings. The predicted octanol–water partition coefficient (Wildman–Crippen LogP) is 2.19. The number of anilines is 1. The van der Waals surface area contributed by atoms with Crippen LogP contribution in [0.1, 0.15) is 11.3 Å². The van der Waals surface area contributed by atoms with Gasteiger partial charge in [0.1, 0.15) is 12.3 Å². The van der Waals surface area contributed by atoms with Crippen LogP contribution in [-0.4, -0.2) is 26.1 Å². The van der Waals surface area contributed by atoms with E-state index < -0.39 is 0 Å². The number of aryl methyl sites for hydroxylation is 2. The van der Waals surface area contributed by atoms with Gasteiger partial charge in [0, 0.05) is 5.69 Å². The largest absolute Gasteiger partial charge is 0.458 e. The number of amides is 1. The zero-order valence-electron chi connectivity index (χ0n) is 12.3. The molecule has 0 fully saturated rings. The average Bonchev–Trinajstić information content (AvgIpc) is 3.07. The Balaban J connectivity index is 1.66. The summed E-state index contributed by atoms with van der Waals surface area (Å²) in [5.41, 5.74) is 1.82. The van der Waals surface area contributed by atoms with Crippen molar-refractivity contribution in [3.8, 4) is 11.6 Å². The number of nitrogens with one attached hydrogen (secondary N) is 1. The van der Waals surface area contributed by atoms with E-state index in [9.17, 15) is 4.79 Å². The van der Waals surface area contributed by atoms with E-state index in [4.69, 9.17) is 4.42 Å². The van der Waals surface area contributed by atoms with Gasteiger partial charge in [0.05, 0.1) is 0 Å². The number of aromatic nitrogens is 4. The van der Waals surface area contributed by atoms with Gasteiger partial charge in [-0.15, -0.1) is 10.2 Å². The molecule has 7 nitrogen and oxygen atoms in total. The molecule has 0 bridgehead atoms. The highest BCUT2D eigenvalue weighted by Crippen LogP contribution is 2.16. The Morgan fingerprint density at radius 2 is 2.14 bits per heavy atom. The van der Waals surface area contributed by atoms with E-state index in [0.29, 0.717) is 11.6 Å². The monoisotopic (exact) mass is 297 g/mol. The molecule has 1 amide bonds. The summed E-state index contributed by atoms with van der Waals surface area (Å²) >= 11 is 0. The van der Waals surface area contributed by atoms with Gasteiger partial charge in [-0.25, -0.2) is 0 Å². The van der Waals surface area contributed by atoms with Gasteiger partial charge >= 0.3 is 0 Å². The Kier molecular flexibility index (Phi) is 3.69. The van der Waals surface area contributed by atoms with Crippen LogP contribution in [0.5, 0.6) is 0 Å². The summed E-state index contributed by atoms with van der Waals surface area (Å²) in [5, 5.41) is 14.7. The molecule has 0 saturated heterocycles. The fourth-order valence-electron chi connectivity index (χ4n) is 2.02. The van der Waals surface area contributed by atoms with Gasteiger partial charge in [-0.05, 0) is 48.9 Å². The molecule has 2 heterocycles. The lowest BCUT2D eigenvalue weighted by molar-refractivity contribution is -0.117. The number of carbonyl (C=O) groups is 1. The molecule has 0 saturated carbocycles. The molecule has 0 spiro atoms. The fourth-order valence-corrected chi connectivity index (χ4v) is 2.02. The Bertz CT molecular complexity index is 806. The summed E-state index contributed by atoms with van der Waals surface area (Å²) < 4.78 is 5.42. The molecule has 0 aliphatic rings. The Morgan fingerprint density at radius 3 is 2.86 bits per heavy atom. The second kappa shape index (κ2) is 5.80. The molecule has 1 aromatic carbocycles. The number of benzene rings is 1.